The SMILES string of the molecule is CCC(CC)NC(=O)c1ccc(S(=O)(=O)Nc2cccc(C(F)(F)F)c2)cc1. The van der Waals surface area contributed by atoms with Crippen molar-refractivity contribution in [3.63, 3.8) is 0 Å². The Balaban J connectivity index is 2.17. The molecule has 0 spiro atoms. The van der Waals surface area contributed by atoms with Crippen LogP contribution < -0.4 is 10.0 Å². The third-order valence-electron chi connectivity index (χ3n) is 4.19. The minimum absolute atomic E-state index is 0.0264. The number of rotatable bonds is 7. The van der Waals surface area contributed by atoms with Gasteiger partial charge in [0, 0.05) is 17.3 Å². The van der Waals surface area contributed by atoms with E-state index in [9.17, 15) is 26.4 Å². The molecule has 2 aromatic carbocycles. The largest absolute Gasteiger partial charge is 0.416 e. The van der Waals surface area contributed by atoms with E-state index in [0.29, 0.717) is 5.56 Å². The first-order valence-corrected chi connectivity index (χ1v) is 10.2. The first kappa shape index (κ1) is 21.7. The van der Waals surface area contributed by atoms with Gasteiger partial charge in [-0.2, -0.15) is 13.2 Å². The lowest BCUT2D eigenvalue weighted by atomic mass is 10.1. The van der Waals surface area contributed by atoms with Crippen molar-refractivity contribution in [2.45, 2.75) is 43.8 Å². The molecule has 0 aliphatic heterocycles. The molecule has 0 unspecified atom stereocenters. The molecule has 0 bridgehead atoms. The third-order valence-corrected chi connectivity index (χ3v) is 5.59. The molecule has 0 radical (unpaired) electrons. The lowest BCUT2D eigenvalue weighted by Gasteiger charge is -2.15. The van der Waals surface area contributed by atoms with Crippen LogP contribution in [0.3, 0.4) is 0 Å². The molecule has 1 amide bonds. The highest BCUT2D eigenvalue weighted by Gasteiger charge is 2.30. The van der Waals surface area contributed by atoms with Crippen molar-refractivity contribution in [2.75, 3.05) is 4.72 Å². The van der Waals surface area contributed by atoms with Crippen molar-refractivity contribution >= 4 is 21.6 Å². The van der Waals surface area contributed by atoms with Crippen molar-refractivity contribution in [2.24, 2.45) is 0 Å². The minimum Gasteiger partial charge on any atom is -0.349 e. The average molecular weight is 414 g/mol. The number of amides is 1. The van der Waals surface area contributed by atoms with E-state index >= 15 is 0 Å². The molecule has 5 nitrogen and oxygen atoms in total. The Hall–Kier alpha value is -2.55. The van der Waals surface area contributed by atoms with Gasteiger partial charge in [-0.1, -0.05) is 19.9 Å². The zero-order valence-corrected chi connectivity index (χ0v) is 16.2. The van der Waals surface area contributed by atoms with E-state index in [4.69, 9.17) is 0 Å². The number of sulfonamides is 1. The summed E-state index contributed by atoms with van der Waals surface area (Å²) >= 11 is 0. The summed E-state index contributed by atoms with van der Waals surface area (Å²) in [5, 5.41) is 2.84. The second-order valence-electron chi connectivity index (χ2n) is 6.20. The van der Waals surface area contributed by atoms with Gasteiger partial charge in [-0.3, -0.25) is 9.52 Å². The summed E-state index contributed by atoms with van der Waals surface area (Å²) in [6.07, 6.45) is -3.03. The number of carbonyl (C=O) groups excluding carboxylic acids is 1. The summed E-state index contributed by atoms with van der Waals surface area (Å²) in [6.45, 7) is 3.90. The van der Waals surface area contributed by atoms with Crippen LogP contribution in [0.5, 0.6) is 0 Å². The Bertz CT molecular complexity index is 922. The van der Waals surface area contributed by atoms with Gasteiger partial charge in [-0.25, -0.2) is 8.42 Å². The Morgan fingerprint density at radius 1 is 1.04 bits per heavy atom. The number of halogens is 3. The van der Waals surface area contributed by atoms with Gasteiger partial charge in [0.15, 0.2) is 0 Å². The second-order valence-corrected chi connectivity index (χ2v) is 7.88. The predicted molar refractivity (Wildman–Crippen MR) is 101 cm³/mol. The third kappa shape index (κ3) is 5.48. The Morgan fingerprint density at radius 3 is 2.18 bits per heavy atom. The molecule has 2 aromatic rings. The summed E-state index contributed by atoms with van der Waals surface area (Å²) in [5.74, 6) is -0.316. The van der Waals surface area contributed by atoms with Crippen molar-refractivity contribution in [1.29, 1.82) is 0 Å². The van der Waals surface area contributed by atoms with Crippen LogP contribution in [0.2, 0.25) is 0 Å². The molecule has 0 saturated carbocycles. The van der Waals surface area contributed by atoms with Crippen LogP contribution in [0.4, 0.5) is 18.9 Å². The first-order chi connectivity index (χ1) is 13.1. The molecule has 0 fully saturated rings. The number of hydrogen-bond donors (Lipinski definition) is 2. The van der Waals surface area contributed by atoms with Crippen molar-refractivity contribution < 1.29 is 26.4 Å². The van der Waals surface area contributed by atoms with E-state index in [2.05, 4.69) is 10.0 Å². The van der Waals surface area contributed by atoms with Gasteiger partial charge in [0.05, 0.1) is 10.5 Å². The summed E-state index contributed by atoms with van der Waals surface area (Å²) in [5.41, 5.74) is -0.864. The molecular weight excluding hydrogens is 393 g/mol. The van der Waals surface area contributed by atoms with Crippen LogP contribution in [0.1, 0.15) is 42.6 Å². The number of anilines is 1. The van der Waals surface area contributed by atoms with Crippen LogP contribution in [0, 0.1) is 0 Å². The van der Waals surface area contributed by atoms with Crippen LogP contribution in [0.25, 0.3) is 0 Å². The molecule has 0 aliphatic carbocycles. The maximum absolute atomic E-state index is 12.8. The predicted octanol–water partition coefficient (Wildman–Crippen LogP) is 4.42. The van der Waals surface area contributed by atoms with Gasteiger partial charge in [0.2, 0.25) is 0 Å². The Morgan fingerprint density at radius 2 is 1.64 bits per heavy atom. The lowest BCUT2D eigenvalue weighted by molar-refractivity contribution is -0.137. The fourth-order valence-electron chi connectivity index (χ4n) is 2.52. The lowest BCUT2D eigenvalue weighted by Crippen LogP contribution is -2.33. The van der Waals surface area contributed by atoms with E-state index in [1.807, 2.05) is 13.8 Å². The summed E-state index contributed by atoms with van der Waals surface area (Å²) in [4.78, 5) is 12.0. The smallest absolute Gasteiger partial charge is 0.349 e. The van der Waals surface area contributed by atoms with Crippen molar-refractivity contribution in [3.8, 4) is 0 Å². The van der Waals surface area contributed by atoms with Crippen LogP contribution >= 0.6 is 0 Å². The van der Waals surface area contributed by atoms with E-state index < -0.39 is 21.8 Å². The summed E-state index contributed by atoms with van der Waals surface area (Å²) < 4.78 is 65.3. The van der Waals surface area contributed by atoms with E-state index in [1.165, 1.54) is 30.3 Å². The summed E-state index contributed by atoms with van der Waals surface area (Å²) in [7, 11) is -4.10. The molecule has 152 valence electrons. The monoisotopic (exact) mass is 414 g/mol. The standard InChI is InChI=1S/C19H21F3N2O3S/c1-3-15(4-2)23-18(25)13-8-10-17(11-9-13)28(26,27)24-16-7-5-6-14(12-16)19(20,21)22/h5-12,15,24H,3-4H2,1-2H3,(H,23,25). The molecule has 0 atom stereocenters. The Kier molecular flexibility index (Phi) is 6.71. The highest BCUT2D eigenvalue weighted by Crippen LogP contribution is 2.31. The van der Waals surface area contributed by atoms with Crippen LogP contribution in [-0.2, 0) is 16.2 Å². The molecule has 0 aromatic heterocycles. The Labute approximate surface area is 162 Å². The molecule has 2 rings (SSSR count). The van der Waals surface area contributed by atoms with Gasteiger partial charge >= 0.3 is 6.18 Å². The van der Waals surface area contributed by atoms with Gasteiger partial charge in [-0.15, -0.1) is 0 Å². The molecule has 0 heterocycles. The van der Waals surface area contributed by atoms with Crippen LogP contribution in [-0.4, -0.2) is 20.4 Å². The molecule has 0 saturated heterocycles. The first-order valence-electron chi connectivity index (χ1n) is 8.67. The molecule has 2 N–H and O–H groups in total. The molecular formula is C19H21F3N2O3S. The van der Waals surface area contributed by atoms with Gasteiger partial charge in [-0.05, 0) is 55.3 Å². The van der Waals surface area contributed by atoms with Crippen molar-refractivity contribution in [3.05, 3.63) is 59.7 Å². The van der Waals surface area contributed by atoms with Crippen molar-refractivity contribution in [1.82, 2.24) is 5.32 Å². The maximum Gasteiger partial charge on any atom is 0.416 e. The molecule has 28 heavy (non-hydrogen) atoms. The fraction of sp³-hybridized carbons (Fsp3) is 0.316. The zero-order chi connectivity index (χ0) is 20.9. The van der Waals surface area contributed by atoms with E-state index in [0.717, 1.165) is 31.0 Å². The zero-order valence-electron chi connectivity index (χ0n) is 15.4. The topological polar surface area (TPSA) is 75.3 Å². The average Bonchev–Trinajstić information content (AvgIpc) is 2.65. The highest BCUT2D eigenvalue weighted by atomic mass is 32.2. The van der Waals surface area contributed by atoms with E-state index in [-0.39, 0.29) is 22.5 Å². The maximum atomic E-state index is 12.8. The number of nitrogens with one attached hydrogen (secondary N) is 2. The highest BCUT2D eigenvalue weighted by molar-refractivity contribution is 7.92. The fourth-order valence-corrected chi connectivity index (χ4v) is 3.57. The minimum atomic E-state index is -4.58. The number of hydrogen-bond acceptors (Lipinski definition) is 3. The van der Waals surface area contributed by atoms with Crippen LogP contribution in [0.15, 0.2) is 53.4 Å². The van der Waals surface area contributed by atoms with Gasteiger partial charge < -0.3 is 5.32 Å². The number of alkyl halides is 3. The summed E-state index contributed by atoms with van der Waals surface area (Å²) in [6, 6.07) is 9.13. The molecule has 0 aliphatic rings. The molecule has 9 heteroatoms. The number of carbonyl (C=O) groups is 1. The van der Waals surface area contributed by atoms with Gasteiger partial charge in [0.25, 0.3) is 15.9 Å². The normalized spacial score (nSPS) is 12.1. The van der Waals surface area contributed by atoms with Gasteiger partial charge in [0.1, 0.15) is 0 Å². The second kappa shape index (κ2) is 8.64. The quantitative estimate of drug-likeness (QED) is 0.704. The van der Waals surface area contributed by atoms with E-state index in [1.54, 1.807) is 0 Å². The number of benzene rings is 2.